The molecule has 0 atom stereocenters. The van der Waals surface area contributed by atoms with Gasteiger partial charge in [-0.05, 0) is 77.7 Å². The first kappa shape index (κ1) is 29.2. The number of fused-ring (bicyclic) bond motifs is 10. The largest absolute Gasteiger partial charge is 0.310 e. The summed E-state index contributed by atoms with van der Waals surface area (Å²) >= 11 is 1.88. The molecule has 7 aromatic carbocycles. The molecule has 0 bridgehead atoms. The summed E-state index contributed by atoms with van der Waals surface area (Å²) in [5.74, 6) is 0. The minimum absolute atomic E-state index is 0.0760. The number of anilines is 3. The standard InChI is InChI=1S/C47H34N2S/c1-29-16-20-31(21-17-29)49(33-24-25-35-34-10-4-7-13-40(34)47(2,3)41(35)28-33)32-22-18-30(19-23-32)45-39-27-26-37-36-11-6-9-15-43(36)50-46(37)44(39)38-12-5-8-14-42(38)48-45/h4-28H,1-3H3. The molecule has 0 aliphatic heterocycles. The summed E-state index contributed by atoms with van der Waals surface area (Å²) in [6, 6.07) is 55.6. The molecular formula is C47H34N2S. The van der Waals surface area contributed by atoms with Crippen LogP contribution >= 0.6 is 11.3 Å². The summed E-state index contributed by atoms with van der Waals surface area (Å²) in [6.07, 6.45) is 0. The number of thiophene rings is 1. The summed E-state index contributed by atoms with van der Waals surface area (Å²) in [6.45, 7) is 6.84. The third-order valence-corrected chi connectivity index (χ3v) is 11.9. The Labute approximate surface area is 295 Å². The normalized spacial score (nSPS) is 13.3. The van der Waals surface area contributed by atoms with Crippen molar-refractivity contribution in [3.8, 4) is 22.4 Å². The van der Waals surface area contributed by atoms with Crippen LogP contribution < -0.4 is 4.90 Å². The van der Waals surface area contributed by atoms with Crippen molar-refractivity contribution in [1.82, 2.24) is 4.98 Å². The second-order valence-electron chi connectivity index (χ2n) is 14.1. The molecule has 0 amide bonds. The molecule has 1 aliphatic carbocycles. The molecule has 1 aliphatic rings. The Morgan fingerprint density at radius 3 is 2.00 bits per heavy atom. The molecule has 0 saturated carbocycles. The van der Waals surface area contributed by atoms with Crippen molar-refractivity contribution in [3.63, 3.8) is 0 Å². The highest BCUT2D eigenvalue weighted by molar-refractivity contribution is 7.26. The van der Waals surface area contributed by atoms with Crippen LogP contribution in [0.15, 0.2) is 152 Å². The Bertz CT molecular complexity index is 2790. The van der Waals surface area contributed by atoms with E-state index in [0.717, 1.165) is 33.8 Å². The predicted molar refractivity (Wildman–Crippen MR) is 215 cm³/mol. The SMILES string of the molecule is Cc1ccc(N(c2ccc(-c3nc4ccccc4c4c3ccc3c5ccccc5sc34)cc2)c2ccc3c(c2)C(C)(C)c2ccccc2-3)cc1. The van der Waals surface area contributed by atoms with E-state index in [1.165, 1.54) is 64.1 Å². The highest BCUT2D eigenvalue weighted by Crippen LogP contribution is 2.51. The summed E-state index contributed by atoms with van der Waals surface area (Å²) in [5, 5.41) is 6.30. The fraction of sp³-hybridized carbons (Fsp3) is 0.0851. The Hall–Kier alpha value is -5.77. The van der Waals surface area contributed by atoms with E-state index in [-0.39, 0.29) is 5.41 Å². The molecule has 0 radical (unpaired) electrons. The zero-order valence-corrected chi connectivity index (χ0v) is 29.1. The zero-order chi connectivity index (χ0) is 33.6. The van der Waals surface area contributed by atoms with Gasteiger partial charge < -0.3 is 4.90 Å². The fourth-order valence-corrected chi connectivity index (χ4v) is 9.44. The maximum absolute atomic E-state index is 5.30. The summed E-state index contributed by atoms with van der Waals surface area (Å²) in [5.41, 5.74) is 13.2. The third-order valence-electron chi connectivity index (χ3n) is 10.7. The van der Waals surface area contributed by atoms with Crippen molar-refractivity contribution in [2.45, 2.75) is 26.2 Å². The van der Waals surface area contributed by atoms with E-state index in [0.29, 0.717) is 0 Å². The lowest BCUT2D eigenvalue weighted by molar-refractivity contribution is 0.660. The smallest absolute Gasteiger partial charge is 0.0788 e. The topological polar surface area (TPSA) is 16.1 Å². The van der Waals surface area contributed by atoms with E-state index >= 15 is 0 Å². The van der Waals surface area contributed by atoms with Gasteiger partial charge in [-0.1, -0.05) is 123 Å². The Morgan fingerprint density at radius 2 is 1.18 bits per heavy atom. The van der Waals surface area contributed by atoms with Crippen LogP contribution in [0.2, 0.25) is 0 Å². The van der Waals surface area contributed by atoms with Crippen LogP contribution in [0.1, 0.15) is 30.5 Å². The molecule has 10 rings (SSSR count). The molecule has 0 fully saturated rings. The van der Waals surface area contributed by atoms with Crippen LogP contribution in [0.25, 0.3) is 64.2 Å². The number of benzene rings is 7. The van der Waals surface area contributed by atoms with E-state index in [2.05, 4.69) is 177 Å². The average molecular weight is 659 g/mol. The lowest BCUT2D eigenvalue weighted by atomic mass is 9.82. The molecule has 238 valence electrons. The number of pyridine rings is 1. The molecular weight excluding hydrogens is 625 g/mol. The average Bonchev–Trinajstić information content (AvgIpc) is 3.64. The second-order valence-corrected chi connectivity index (χ2v) is 15.1. The molecule has 3 heteroatoms. The Morgan fingerprint density at radius 1 is 0.540 bits per heavy atom. The van der Waals surface area contributed by atoms with Gasteiger partial charge in [-0.25, -0.2) is 4.98 Å². The van der Waals surface area contributed by atoms with Crippen LogP contribution in [0.5, 0.6) is 0 Å². The predicted octanol–water partition coefficient (Wildman–Crippen LogP) is 13.5. The van der Waals surface area contributed by atoms with Crippen molar-refractivity contribution in [3.05, 3.63) is 168 Å². The molecule has 50 heavy (non-hydrogen) atoms. The highest BCUT2D eigenvalue weighted by Gasteiger charge is 2.35. The van der Waals surface area contributed by atoms with Gasteiger partial charge in [-0.3, -0.25) is 0 Å². The van der Waals surface area contributed by atoms with Crippen LogP contribution in [-0.2, 0) is 5.41 Å². The van der Waals surface area contributed by atoms with Gasteiger partial charge in [-0.2, -0.15) is 0 Å². The number of hydrogen-bond donors (Lipinski definition) is 0. The Balaban J connectivity index is 1.13. The van der Waals surface area contributed by atoms with Gasteiger partial charge in [0, 0.05) is 64.4 Å². The molecule has 0 spiro atoms. The number of rotatable bonds is 4. The molecule has 0 unspecified atom stereocenters. The molecule has 2 heterocycles. The maximum atomic E-state index is 5.30. The van der Waals surface area contributed by atoms with Crippen LogP contribution in [0, 0.1) is 6.92 Å². The lowest BCUT2D eigenvalue weighted by Crippen LogP contribution is -2.16. The molecule has 0 saturated heterocycles. The lowest BCUT2D eigenvalue weighted by Gasteiger charge is -2.28. The van der Waals surface area contributed by atoms with Crippen molar-refractivity contribution in [2.24, 2.45) is 0 Å². The van der Waals surface area contributed by atoms with E-state index in [1.54, 1.807) is 0 Å². The number of hydrogen-bond acceptors (Lipinski definition) is 3. The van der Waals surface area contributed by atoms with E-state index < -0.39 is 0 Å². The van der Waals surface area contributed by atoms with Gasteiger partial charge in [0.05, 0.1) is 11.2 Å². The first-order valence-corrected chi connectivity index (χ1v) is 18.1. The number of nitrogens with zero attached hydrogens (tertiary/aromatic N) is 2. The minimum Gasteiger partial charge on any atom is -0.310 e. The summed E-state index contributed by atoms with van der Waals surface area (Å²) in [4.78, 5) is 7.69. The van der Waals surface area contributed by atoms with Gasteiger partial charge in [0.15, 0.2) is 0 Å². The first-order chi connectivity index (χ1) is 24.5. The number of aromatic nitrogens is 1. The van der Waals surface area contributed by atoms with Crippen molar-refractivity contribution >= 4 is 70.2 Å². The number of aryl methyl sites for hydroxylation is 1. The van der Waals surface area contributed by atoms with Gasteiger partial charge in [-0.15, -0.1) is 11.3 Å². The zero-order valence-electron chi connectivity index (χ0n) is 28.2. The van der Waals surface area contributed by atoms with E-state index in [9.17, 15) is 0 Å². The second kappa shape index (κ2) is 10.9. The first-order valence-electron chi connectivity index (χ1n) is 17.3. The van der Waals surface area contributed by atoms with Crippen molar-refractivity contribution < 1.29 is 0 Å². The molecule has 2 nitrogen and oxygen atoms in total. The van der Waals surface area contributed by atoms with Crippen LogP contribution in [0.4, 0.5) is 17.1 Å². The van der Waals surface area contributed by atoms with Gasteiger partial charge in [0.2, 0.25) is 0 Å². The maximum Gasteiger partial charge on any atom is 0.0788 e. The highest BCUT2D eigenvalue weighted by atomic mass is 32.1. The van der Waals surface area contributed by atoms with Crippen LogP contribution in [0.3, 0.4) is 0 Å². The monoisotopic (exact) mass is 658 g/mol. The Kier molecular flexibility index (Phi) is 6.34. The quantitative estimate of drug-likeness (QED) is 0.175. The van der Waals surface area contributed by atoms with Crippen molar-refractivity contribution in [1.29, 1.82) is 0 Å². The minimum atomic E-state index is -0.0760. The molecule has 0 N–H and O–H groups in total. The van der Waals surface area contributed by atoms with Gasteiger partial charge >= 0.3 is 0 Å². The third kappa shape index (κ3) is 4.30. The fourth-order valence-electron chi connectivity index (χ4n) is 8.18. The molecule has 9 aromatic rings. The van der Waals surface area contributed by atoms with E-state index in [4.69, 9.17) is 4.98 Å². The van der Waals surface area contributed by atoms with Gasteiger partial charge in [0.1, 0.15) is 0 Å². The van der Waals surface area contributed by atoms with Gasteiger partial charge in [0.25, 0.3) is 0 Å². The van der Waals surface area contributed by atoms with E-state index in [1.807, 2.05) is 11.3 Å². The summed E-state index contributed by atoms with van der Waals surface area (Å²) < 4.78 is 2.64. The summed E-state index contributed by atoms with van der Waals surface area (Å²) in [7, 11) is 0. The van der Waals surface area contributed by atoms with Crippen LogP contribution in [-0.4, -0.2) is 4.98 Å². The molecule has 2 aromatic heterocycles. The number of para-hydroxylation sites is 1. The van der Waals surface area contributed by atoms with Crippen molar-refractivity contribution in [2.75, 3.05) is 4.90 Å².